The Labute approximate surface area is 160 Å². The van der Waals surface area contributed by atoms with Gasteiger partial charge in [-0.3, -0.25) is 0 Å². The molecule has 2 aromatic rings. The number of nitrogens with zero attached hydrogens (tertiary/aromatic N) is 1. The van der Waals surface area contributed by atoms with Gasteiger partial charge in [-0.2, -0.15) is 0 Å². The van der Waals surface area contributed by atoms with Crippen LogP contribution in [0.3, 0.4) is 0 Å². The molecule has 2 unspecified atom stereocenters. The third-order valence-electron chi connectivity index (χ3n) is 5.81. The normalized spacial score (nSPS) is 23.6. The number of amidine groups is 1. The van der Waals surface area contributed by atoms with E-state index in [4.69, 9.17) is 16.5 Å². The molecule has 0 spiro atoms. The van der Waals surface area contributed by atoms with Crippen molar-refractivity contribution in [3.63, 3.8) is 0 Å². The van der Waals surface area contributed by atoms with Crippen LogP contribution in [0.15, 0.2) is 53.5 Å². The number of hydrogen-bond acceptors (Lipinski definition) is 5. The fourth-order valence-electron chi connectivity index (χ4n) is 3.94. The summed E-state index contributed by atoms with van der Waals surface area (Å²) in [7, 11) is 0. The van der Waals surface area contributed by atoms with Crippen molar-refractivity contribution in [2.45, 2.75) is 38.8 Å². The second-order valence-corrected chi connectivity index (χ2v) is 7.64. The maximum absolute atomic E-state index is 6.11. The third kappa shape index (κ3) is 3.25. The Bertz CT molecular complexity index is 913. The van der Waals surface area contributed by atoms with Gasteiger partial charge < -0.3 is 22.1 Å². The van der Waals surface area contributed by atoms with Gasteiger partial charge in [0.05, 0.1) is 0 Å². The van der Waals surface area contributed by atoms with E-state index >= 15 is 0 Å². The molecule has 2 atom stereocenters. The number of fused-ring (bicyclic) bond motifs is 1. The number of anilines is 4. The Morgan fingerprint density at radius 3 is 2.56 bits per heavy atom. The summed E-state index contributed by atoms with van der Waals surface area (Å²) in [5, 5.41) is 7.20. The third-order valence-corrected chi connectivity index (χ3v) is 5.81. The highest BCUT2D eigenvalue weighted by Gasteiger charge is 2.47. The van der Waals surface area contributed by atoms with Gasteiger partial charge in [0.25, 0.3) is 0 Å². The minimum Gasteiger partial charge on any atom is -0.399 e. The minimum atomic E-state index is -0.274. The van der Waals surface area contributed by atoms with Crippen molar-refractivity contribution in [2.75, 3.05) is 22.1 Å². The summed E-state index contributed by atoms with van der Waals surface area (Å²) in [6.45, 7) is 4.13. The Hall–Kier alpha value is -2.95. The first-order valence-corrected chi connectivity index (χ1v) is 9.50. The van der Waals surface area contributed by atoms with E-state index in [1.807, 2.05) is 43.3 Å². The van der Waals surface area contributed by atoms with Gasteiger partial charge in [0.1, 0.15) is 11.5 Å². The second-order valence-electron chi connectivity index (χ2n) is 7.64. The predicted molar refractivity (Wildman–Crippen MR) is 115 cm³/mol. The lowest BCUT2D eigenvalue weighted by Gasteiger charge is -2.47. The number of hydrogen-bond donors (Lipinski definition) is 4. The molecule has 6 N–H and O–H groups in total. The molecule has 2 aliphatic rings. The van der Waals surface area contributed by atoms with Gasteiger partial charge in [-0.1, -0.05) is 12.1 Å². The van der Waals surface area contributed by atoms with Crippen LogP contribution in [0.1, 0.15) is 30.4 Å². The van der Waals surface area contributed by atoms with E-state index in [9.17, 15) is 0 Å². The molecule has 5 nitrogen and oxygen atoms in total. The number of aliphatic imine (C=N–C) groups is 1. The molecule has 140 valence electrons. The first-order chi connectivity index (χ1) is 13.0. The van der Waals surface area contributed by atoms with Crippen LogP contribution in [0.5, 0.6) is 0 Å². The first-order valence-electron chi connectivity index (χ1n) is 9.50. The van der Waals surface area contributed by atoms with Crippen LogP contribution in [0.2, 0.25) is 0 Å². The zero-order valence-corrected chi connectivity index (χ0v) is 15.9. The quantitative estimate of drug-likeness (QED) is 0.608. The summed E-state index contributed by atoms with van der Waals surface area (Å²) in [6.07, 6.45) is 7.53. The summed E-state index contributed by atoms with van der Waals surface area (Å²) >= 11 is 0. The van der Waals surface area contributed by atoms with Crippen molar-refractivity contribution in [3.05, 3.63) is 59.7 Å². The fraction of sp³-hybridized carbons (Fsp3) is 0.318. The number of nitrogen functional groups attached to an aromatic ring is 2. The SMILES string of the molecule is Cc1ccc(N)c(C)c1NC1=NC2(Nc3ccc(N)cc3)CCC2CC=C1. The average molecular weight is 361 g/mol. The van der Waals surface area contributed by atoms with Crippen LogP contribution in [-0.4, -0.2) is 11.5 Å². The molecular formula is C22H27N5. The molecule has 1 heterocycles. The minimum absolute atomic E-state index is 0.274. The Morgan fingerprint density at radius 1 is 1.07 bits per heavy atom. The average Bonchev–Trinajstić information content (AvgIpc) is 2.75. The van der Waals surface area contributed by atoms with Gasteiger partial charge in [-0.25, -0.2) is 4.99 Å². The number of nitrogens with two attached hydrogens (primary N) is 2. The van der Waals surface area contributed by atoms with Gasteiger partial charge in [-0.05, 0) is 80.6 Å². The van der Waals surface area contributed by atoms with Gasteiger partial charge >= 0.3 is 0 Å². The van der Waals surface area contributed by atoms with E-state index in [1.165, 1.54) is 6.42 Å². The fourth-order valence-corrected chi connectivity index (χ4v) is 3.94. The van der Waals surface area contributed by atoms with Crippen molar-refractivity contribution in [3.8, 4) is 0 Å². The maximum atomic E-state index is 6.11. The molecule has 0 saturated heterocycles. The summed E-state index contributed by atoms with van der Waals surface area (Å²) in [4.78, 5) is 5.14. The van der Waals surface area contributed by atoms with Crippen molar-refractivity contribution in [1.29, 1.82) is 0 Å². The molecule has 0 aromatic heterocycles. The van der Waals surface area contributed by atoms with Crippen LogP contribution in [0, 0.1) is 19.8 Å². The molecule has 0 radical (unpaired) electrons. The van der Waals surface area contributed by atoms with E-state index < -0.39 is 0 Å². The maximum Gasteiger partial charge on any atom is 0.135 e. The zero-order valence-electron chi connectivity index (χ0n) is 15.9. The summed E-state index contributed by atoms with van der Waals surface area (Å²) in [5.41, 5.74) is 17.5. The van der Waals surface area contributed by atoms with Crippen LogP contribution >= 0.6 is 0 Å². The van der Waals surface area contributed by atoms with E-state index in [1.54, 1.807) is 0 Å². The molecule has 1 aliphatic carbocycles. The van der Waals surface area contributed by atoms with Crippen molar-refractivity contribution < 1.29 is 0 Å². The molecule has 1 saturated carbocycles. The summed E-state index contributed by atoms with van der Waals surface area (Å²) < 4.78 is 0. The first kappa shape index (κ1) is 17.5. The van der Waals surface area contributed by atoms with Crippen molar-refractivity contribution >= 4 is 28.6 Å². The molecule has 2 aromatic carbocycles. The van der Waals surface area contributed by atoms with Gasteiger partial charge in [0.2, 0.25) is 0 Å². The van der Waals surface area contributed by atoms with E-state index in [0.29, 0.717) is 5.92 Å². The molecule has 4 rings (SSSR count). The van der Waals surface area contributed by atoms with Crippen LogP contribution in [0.4, 0.5) is 22.7 Å². The number of aryl methyl sites for hydroxylation is 1. The second kappa shape index (κ2) is 6.65. The van der Waals surface area contributed by atoms with Gasteiger partial charge in [0, 0.05) is 28.7 Å². The Balaban J connectivity index is 1.65. The van der Waals surface area contributed by atoms with Crippen LogP contribution in [-0.2, 0) is 0 Å². The Kier molecular flexibility index (Phi) is 4.30. The lowest BCUT2D eigenvalue weighted by atomic mass is 9.71. The van der Waals surface area contributed by atoms with E-state index in [2.05, 4.69) is 29.7 Å². The highest BCUT2D eigenvalue weighted by atomic mass is 15.2. The summed E-state index contributed by atoms with van der Waals surface area (Å²) in [5.74, 6) is 1.37. The molecule has 0 bridgehead atoms. The topological polar surface area (TPSA) is 88.5 Å². The molecule has 1 fully saturated rings. The molecule has 1 aliphatic heterocycles. The number of allylic oxidation sites excluding steroid dienone is 1. The number of benzene rings is 2. The van der Waals surface area contributed by atoms with Crippen LogP contribution in [0.25, 0.3) is 0 Å². The summed E-state index contributed by atoms with van der Waals surface area (Å²) in [6, 6.07) is 11.9. The van der Waals surface area contributed by atoms with Crippen molar-refractivity contribution in [1.82, 2.24) is 0 Å². The zero-order chi connectivity index (χ0) is 19.0. The molecule has 0 amide bonds. The number of rotatable bonds is 3. The standard InChI is InChI=1S/C22H27N5/c1-14-6-11-19(24)15(2)21(14)25-20-5-3-4-16-12-13-22(16,27-20)26-18-9-7-17(23)8-10-18/h3,5-11,16,26H,4,12-13,23-24H2,1-2H3,(H,25,27). The Morgan fingerprint density at radius 2 is 1.85 bits per heavy atom. The molecular weight excluding hydrogens is 334 g/mol. The van der Waals surface area contributed by atoms with E-state index in [-0.39, 0.29) is 5.66 Å². The van der Waals surface area contributed by atoms with Gasteiger partial charge in [-0.15, -0.1) is 0 Å². The van der Waals surface area contributed by atoms with Gasteiger partial charge in [0.15, 0.2) is 0 Å². The highest BCUT2D eigenvalue weighted by molar-refractivity contribution is 6.05. The number of nitrogens with one attached hydrogen (secondary N) is 2. The van der Waals surface area contributed by atoms with Crippen molar-refractivity contribution in [2.24, 2.45) is 10.9 Å². The molecule has 27 heavy (non-hydrogen) atoms. The smallest absolute Gasteiger partial charge is 0.135 e. The highest BCUT2D eigenvalue weighted by Crippen LogP contribution is 2.46. The lowest BCUT2D eigenvalue weighted by Crippen LogP contribution is -2.52. The van der Waals surface area contributed by atoms with E-state index in [0.717, 1.165) is 52.6 Å². The largest absolute Gasteiger partial charge is 0.399 e. The lowest BCUT2D eigenvalue weighted by molar-refractivity contribution is 0.164. The monoisotopic (exact) mass is 361 g/mol. The van der Waals surface area contributed by atoms with Crippen LogP contribution < -0.4 is 22.1 Å². The molecule has 5 heteroatoms. The predicted octanol–water partition coefficient (Wildman–Crippen LogP) is 4.46.